The predicted molar refractivity (Wildman–Crippen MR) is 75.9 cm³/mol. The highest BCUT2D eigenvalue weighted by molar-refractivity contribution is 7.11. The van der Waals surface area contributed by atoms with Crippen molar-refractivity contribution in [2.24, 2.45) is 5.92 Å². The zero-order valence-electron chi connectivity index (χ0n) is 11.4. The van der Waals surface area contributed by atoms with Crippen LogP contribution in [0.5, 0.6) is 0 Å². The van der Waals surface area contributed by atoms with Gasteiger partial charge in [0.2, 0.25) is 0 Å². The fraction of sp³-hybridized carbons (Fsp3) is 0.786. The van der Waals surface area contributed by atoms with Crippen molar-refractivity contribution in [3.63, 3.8) is 0 Å². The molecule has 0 radical (unpaired) electrons. The van der Waals surface area contributed by atoms with Crippen LogP contribution < -0.4 is 5.32 Å². The summed E-state index contributed by atoms with van der Waals surface area (Å²) in [7, 11) is 0. The summed E-state index contributed by atoms with van der Waals surface area (Å²) in [5.41, 5.74) is 0.336. The molecule has 1 aromatic heterocycles. The molecule has 0 spiro atoms. The minimum absolute atomic E-state index is 0.336. The first kappa shape index (κ1) is 12.6. The summed E-state index contributed by atoms with van der Waals surface area (Å²) in [6.07, 6.45) is 6.07. The topological polar surface area (TPSA) is 28.2 Å². The van der Waals surface area contributed by atoms with Gasteiger partial charge in [0.15, 0.2) is 0 Å². The Kier molecular flexibility index (Phi) is 3.43. The number of hydrogen-bond donors (Lipinski definition) is 1. The van der Waals surface area contributed by atoms with E-state index >= 15 is 0 Å². The first-order valence-electron chi connectivity index (χ1n) is 7.04. The molecule has 1 unspecified atom stereocenters. The molecule has 1 atom stereocenters. The molecule has 0 bridgehead atoms. The first-order valence-corrected chi connectivity index (χ1v) is 7.86. The summed E-state index contributed by atoms with van der Waals surface area (Å²) in [5.74, 6) is 0.899. The third-order valence-corrected chi connectivity index (χ3v) is 5.14. The molecule has 2 heterocycles. The Morgan fingerprint density at radius 1 is 1.56 bits per heavy atom. The van der Waals surface area contributed by atoms with Crippen LogP contribution in [0, 0.1) is 12.8 Å². The third kappa shape index (κ3) is 2.76. The van der Waals surface area contributed by atoms with Gasteiger partial charge in [0.25, 0.3) is 0 Å². The maximum atomic E-state index is 4.51. The number of nitrogens with one attached hydrogen (secondary N) is 1. The fourth-order valence-electron chi connectivity index (χ4n) is 3.07. The van der Waals surface area contributed by atoms with Gasteiger partial charge < -0.3 is 5.32 Å². The average Bonchev–Trinajstić information content (AvgIpc) is 3.11. The molecule has 1 aliphatic carbocycles. The number of thiazole rings is 1. The number of aryl methyl sites for hydroxylation is 1. The van der Waals surface area contributed by atoms with E-state index in [2.05, 4.69) is 29.0 Å². The summed E-state index contributed by atoms with van der Waals surface area (Å²) in [4.78, 5) is 8.42. The Balaban J connectivity index is 1.67. The third-order valence-electron chi connectivity index (χ3n) is 4.24. The SMILES string of the molecule is Cc1cnc(CN2CCCNC(C)(C3CC3)C2)s1. The van der Waals surface area contributed by atoms with Crippen LogP contribution in [-0.4, -0.2) is 35.1 Å². The lowest BCUT2D eigenvalue weighted by molar-refractivity contribution is 0.195. The highest BCUT2D eigenvalue weighted by Gasteiger charge is 2.42. The Morgan fingerprint density at radius 3 is 3.06 bits per heavy atom. The van der Waals surface area contributed by atoms with Crippen LogP contribution >= 0.6 is 11.3 Å². The fourth-order valence-corrected chi connectivity index (χ4v) is 3.90. The molecule has 1 aliphatic heterocycles. The Morgan fingerprint density at radius 2 is 2.39 bits per heavy atom. The first-order chi connectivity index (χ1) is 8.66. The van der Waals surface area contributed by atoms with Gasteiger partial charge in [-0.15, -0.1) is 11.3 Å². The highest BCUT2D eigenvalue weighted by atomic mass is 32.1. The second kappa shape index (κ2) is 4.91. The van der Waals surface area contributed by atoms with Crippen molar-refractivity contribution in [3.05, 3.63) is 16.1 Å². The molecule has 4 heteroatoms. The second-order valence-corrected chi connectivity index (χ2v) is 7.37. The van der Waals surface area contributed by atoms with Crippen molar-refractivity contribution in [1.29, 1.82) is 0 Å². The van der Waals surface area contributed by atoms with E-state index in [4.69, 9.17) is 0 Å². The number of rotatable bonds is 3. The zero-order valence-corrected chi connectivity index (χ0v) is 12.2. The van der Waals surface area contributed by atoms with Crippen LogP contribution in [-0.2, 0) is 6.54 Å². The van der Waals surface area contributed by atoms with Gasteiger partial charge in [-0.3, -0.25) is 4.90 Å². The van der Waals surface area contributed by atoms with Crippen LogP contribution in [0.25, 0.3) is 0 Å². The number of hydrogen-bond acceptors (Lipinski definition) is 4. The van der Waals surface area contributed by atoms with Crippen molar-refractivity contribution in [1.82, 2.24) is 15.2 Å². The van der Waals surface area contributed by atoms with E-state index < -0.39 is 0 Å². The van der Waals surface area contributed by atoms with E-state index in [0.29, 0.717) is 5.54 Å². The molecule has 1 saturated carbocycles. The Labute approximate surface area is 114 Å². The molecule has 2 aliphatic rings. The quantitative estimate of drug-likeness (QED) is 0.910. The highest BCUT2D eigenvalue weighted by Crippen LogP contribution is 2.40. The number of nitrogens with zero attached hydrogens (tertiary/aromatic N) is 2. The molecule has 3 nitrogen and oxygen atoms in total. The molecule has 2 fully saturated rings. The van der Waals surface area contributed by atoms with Crippen LogP contribution in [0.2, 0.25) is 0 Å². The molecule has 1 N–H and O–H groups in total. The molecule has 3 rings (SSSR count). The van der Waals surface area contributed by atoms with Gasteiger partial charge in [-0.2, -0.15) is 0 Å². The van der Waals surface area contributed by atoms with Crippen LogP contribution in [0.1, 0.15) is 36.1 Å². The molecule has 0 amide bonds. The van der Waals surface area contributed by atoms with Gasteiger partial charge in [0.1, 0.15) is 5.01 Å². The summed E-state index contributed by atoms with van der Waals surface area (Å²) in [6, 6.07) is 0. The van der Waals surface area contributed by atoms with E-state index in [1.54, 1.807) is 0 Å². The molecule has 18 heavy (non-hydrogen) atoms. The van der Waals surface area contributed by atoms with Gasteiger partial charge >= 0.3 is 0 Å². The lowest BCUT2D eigenvalue weighted by Gasteiger charge is -2.33. The number of aromatic nitrogens is 1. The lowest BCUT2D eigenvalue weighted by atomic mass is 9.95. The molecule has 1 aromatic rings. The summed E-state index contributed by atoms with van der Waals surface area (Å²) in [6.45, 7) is 9.13. The maximum absolute atomic E-state index is 4.51. The standard InChI is InChI=1S/C14H23N3S/c1-11-8-15-13(18-11)9-17-7-3-6-16-14(2,10-17)12-4-5-12/h8,12,16H,3-7,9-10H2,1-2H3. The van der Waals surface area contributed by atoms with Crippen LogP contribution in [0.3, 0.4) is 0 Å². The summed E-state index contributed by atoms with van der Waals surface area (Å²) < 4.78 is 0. The van der Waals surface area contributed by atoms with Gasteiger partial charge in [0, 0.05) is 23.2 Å². The monoisotopic (exact) mass is 265 g/mol. The van der Waals surface area contributed by atoms with Crippen molar-refractivity contribution in [3.8, 4) is 0 Å². The van der Waals surface area contributed by atoms with E-state index in [0.717, 1.165) is 12.5 Å². The minimum atomic E-state index is 0.336. The van der Waals surface area contributed by atoms with E-state index in [1.165, 1.54) is 48.8 Å². The van der Waals surface area contributed by atoms with Gasteiger partial charge in [0.05, 0.1) is 6.54 Å². The Bertz CT molecular complexity index is 413. The lowest BCUT2D eigenvalue weighted by Crippen LogP contribution is -2.50. The van der Waals surface area contributed by atoms with Crippen LogP contribution in [0.4, 0.5) is 0 Å². The van der Waals surface area contributed by atoms with E-state index in [-0.39, 0.29) is 0 Å². The van der Waals surface area contributed by atoms with Gasteiger partial charge in [-0.25, -0.2) is 4.98 Å². The molecule has 100 valence electrons. The Hall–Kier alpha value is -0.450. The van der Waals surface area contributed by atoms with Crippen molar-refractivity contribution < 1.29 is 0 Å². The van der Waals surface area contributed by atoms with E-state index in [1.807, 2.05) is 17.5 Å². The molecule has 1 saturated heterocycles. The summed E-state index contributed by atoms with van der Waals surface area (Å²) >= 11 is 1.84. The normalized spacial score (nSPS) is 30.3. The molecular formula is C14H23N3S. The predicted octanol–water partition coefficient (Wildman–Crippen LogP) is 2.42. The van der Waals surface area contributed by atoms with Crippen molar-refractivity contribution in [2.75, 3.05) is 19.6 Å². The molecular weight excluding hydrogens is 242 g/mol. The van der Waals surface area contributed by atoms with E-state index in [9.17, 15) is 0 Å². The van der Waals surface area contributed by atoms with Crippen molar-refractivity contribution >= 4 is 11.3 Å². The second-order valence-electron chi connectivity index (χ2n) is 6.05. The minimum Gasteiger partial charge on any atom is -0.310 e. The molecule has 0 aromatic carbocycles. The van der Waals surface area contributed by atoms with Crippen LogP contribution in [0.15, 0.2) is 6.20 Å². The van der Waals surface area contributed by atoms with Gasteiger partial charge in [-0.1, -0.05) is 0 Å². The summed E-state index contributed by atoms with van der Waals surface area (Å²) in [5, 5.41) is 5.05. The zero-order chi connectivity index (χ0) is 12.6. The maximum Gasteiger partial charge on any atom is 0.107 e. The smallest absolute Gasteiger partial charge is 0.107 e. The average molecular weight is 265 g/mol. The largest absolute Gasteiger partial charge is 0.310 e. The van der Waals surface area contributed by atoms with Gasteiger partial charge in [-0.05, 0) is 52.1 Å². The van der Waals surface area contributed by atoms with Crippen molar-refractivity contribution in [2.45, 2.75) is 45.2 Å².